The van der Waals surface area contributed by atoms with Gasteiger partial charge in [0.2, 0.25) is 0 Å². The topological polar surface area (TPSA) is 15.3 Å². The van der Waals surface area contributed by atoms with Crippen molar-refractivity contribution in [2.75, 3.05) is 32.7 Å². The Morgan fingerprint density at radius 1 is 1.13 bits per heavy atom. The molecule has 2 fully saturated rings. The Balaban J connectivity index is 1.67. The molecule has 2 nitrogen and oxygen atoms in total. The molecule has 0 amide bonds. The first-order chi connectivity index (χ1) is 7.38. The molecule has 2 rings (SSSR count). The Morgan fingerprint density at radius 3 is 2.53 bits per heavy atom. The van der Waals surface area contributed by atoms with Crippen LogP contribution in [0, 0.1) is 11.8 Å². The minimum atomic E-state index is 0.928. The third kappa shape index (κ3) is 3.46. The molecule has 0 aliphatic carbocycles. The summed E-state index contributed by atoms with van der Waals surface area (Å²) in [5.74, 6) is 1.95. The maximum absolute atomic E-state index is 3.52. The fraction of sp³-hybridized carbons (Fsp3) is 1.00. The number of likely N-dealkylation sites (tertiary alicyclic amines) is 1. The van der Waals surface area contributed by atoms with E-state index in [1.165, 1.54) is 64.8 Å². The van der Waals surface area contributed by atoms with Gasteiger partial charge in [-0.15, -0.1) is 0 Å². The predicted molar refractivity (Wildman–Crippen MR) is 65.0 cm³/mol. The third-order valence-electron chi connectivity index (χ3n) is 4.20. The fourth-order valence-corrected chi connectivity index (χ4v) is 3.02. The first-order valence-corrected chi connectivity index (χ1v) is 6.81. The summed E-state index contributed by atoms with van der Waals surface area (Å²) >= 11 is 0. The second-order valence-electron chi connectivity index (χ2n) is 5.36. The second-order valence-corrected chi connectivity index (χ2v) is 5.36. The van der Waals surface area contributed by atoms with Crippen molar-refractivity contribution in [3.63, 3.8) is 0 Å². The van der Waals surface area contributed by atoms with E-state index in [9.17, 15) is 0 Å². The SMILES string of the molecule is CCC1CCN(CC2CCCNC2)CC1. The Labute approximate surface area is 94.4 Å². The van der Waals surface area contributed by atoms with Gasteiger partial charge in [0.15, 0.2) is 0 Å². The summed E-state index contributed by atoms with van der Waals surface area (Å²) in [5.41, 5.74) is 0. The van der Waals surface area contributed by atoms with E-state index in [4.69, 9.17) is 0 Å². The van der Waals surface area contributed by atoms with Crippen molar-refractivity contribution in [1.82, 2.24) is 10.2 Å². The molecule has 1 unspecified atom stereocenters. The molecule has 15 heavy (non-hydrogen) atoms. The van der Waals surface area contributed by atoms with Gasteiger partial charge < -0.3 is 10.2 Å². The smallest absolute Gasteiger partial charge is 0.00218 e. The van der Waals surface area contributed by atoms with Crippen LogP contribution in [-0.4, -0.2) is 37.6 Å². The Morgan fingerprint density at radius 2 is 1.93 bits per heavy atom. The van der Waals surface area contributed by atoms with Gasteiger partial charge in [-0.1, -0.05) is 13.3 Å². The van der Waals surface area contributed by atoms with Crippen LogP contribution >= 0.6 is 0 Å². The molecule has 88 valence electrons. The molecule has 0 bridgehead atoms. The van der Waals surface area contributed by atoms with Crippen molar-refractivity contribution in [3.05, 3.63) is 0 Å². The molecular weight excluding hydrogens is 184 g/mol. The Kier molecular flexibility index (Phi) is 4.45. The molecule has 0 aromatic heterocycles. The Bertz CT molecular complexity index is 167. The maximum atomic E-state index is 3.52. The summed E-state index contributed by atoms with van der Waals surface area (Å²) in [6.07, 6.45) is 7.10. The van der Waals surface area contributed by atoms with E-state index in [0.29, 0.717) is 0 Å². The maximum Gasteiger partial charge on any atom is 0.00218 e. The zero-order chi connectivity index (χ0) is 10.5. The lowest BCUT2D eigenvalue weighted by Gasteiger charge is -2.35. The molecule has 0 aromatic carbocycles. The van der Waals surface area contributed by atoms with Crippen molar-refractivity contribution in [3.8, 4) is 0 Å². The van der Waals surface area contributed by atoms with Gasteiger partial charge in [0.25, 0.3) is 0 Å². The average Bonchev–Trinajstić information content (AvgIpc) is 2.31. The molecule has 1 atom stereocenters. The van der Waals surface area contributed by atoms with Crippen molar-refractivity contribution in [2.24, 2.45) is 11.8 Å². The molecule has 0 saturated carbocycles. The highest BCUT2D eigenvalue weighted by molar-refractivity contribution is 4.77. The number of nitrogens with one attached hydrogen (secondary N) is 1. The van der Waals surface area contributed by atoms with Gasteiger partial charge in [-0.25, -0.2) is 0 Å². The molecule has 1 N–H and O–H groups in total. The minimum absolute atomic E-state index is 0.928. The lowest BCUT2D eigenvalue weighted by Crippen LogP contribution is -2.41. The van der Waals surface area contributed by atoms with Gasteiger partial charge in [0.1, 0.15) is 0 Å². The average molecular weight is 210 g/mol. The summed E-state index contributed by atoms with van der Waals surface area (Å²) in [7, 11) is 0. The molecule has 2 heterocycles. The van der Waals surface area contributed by atoms with E-state index >= 15 is 0 Å². The van der Waals surface area contributed by atoms with Crippen LogP contribution in [0.4, 0.5) is 0 Å². The van der Waals surface area contributed by atoms with Crippen LogP contribution in [0.25, 0.3) is 0 Å². The first kappa shape index (κ1) is 11.4. The lowest BCUT2D eigenvalue weighted by molar-refractivity contribution is 0.148. The number of piperidine rings is 2. The number of rotatable bonds is 3. The van der Waals surface area contributed by atoms with E-state index in [-0.39, 0.29) is 0 Å². The zero-order valence-corrected chi connectivity index (χ0v) is 10.2. The minimum Gasteiger partial charge on any atom is -0.316 e. The third-order valence-corrected chi connectivity index (χ3v) is 4.20. The van der Waals surface area contributed by atoms with Gasteiger partial charge in [0.05, 0.1) is 0 Å². The largest absolute Gasteiger partial charge is 0.316 e. The summed E-state index contributed by atoms with van der Waals surface area (Å²) in [6, 6.07) is 0. The van der Waals surface area contributed by atoms with Crippen LogP contribution in [-0.2, 0) is 0 Å². The van der Waals surface area contributed by atoms with Crippen molar-refractivity contribution < 1.29 is 0 Å². The van der Waals surface area contributed by atoms with Crippen LogP contribution in [0.3, 0.4) is 0 Å². The molecule has 0 aromatic rings. The van der Waals surface area contributed by atoms with Gasteiger partial charge in [-0.2, -0.15) is 0 Å². The molecule has 2 saturated heterocycles. The van der Waals surface area contributed by atoms with Crippen LogP contribution < -0.4 is 5.32 Å². The van der Waals surface area contributed by atoms with E-state index in [1.54, 1.807) is 0 Å². The van der Waals surface area contributed by atoms with Gasteiger partial charge in [-0.05, 0) is 63.7 Å². The standard InChI is InChI=1S/C13H26N2/c1-2-12-5-8-15(9-6-12)11-13-4-3-7-14-10-13/h12-14H,2-11H2,1H3. The molecular formula is C13H26N2. The molecule has 0 spiro atoms. The highest BCUT2D eigenvalue weighted by atomic mass is 15.1. The van der Waals surface area contributed by atoms with Crippen LogP contribution in [0.5, 0.6) is 0 Å². The van der Waals surface area contributed by atoms with Crippen LogP contribution in [0.1, 0.15) is 39.0 Å². The highest BCUT2D eigenvalue weighted by Gasteiger charge is 2.21. The van der Waals surface area contributed by atoms with E-state index in [2.05, 4.69) is 17.1 Å². The zero-order valence-electron chi connectivity index (χ0n) is 10.2. The van der Waals surface area contributed by atoms with E-state index in [1.807, 2.05) is 0 Å². The molecule has 2 aliphatic heterocycles. The molecule has 0 radical (unpaired) electrons. The van der Waals surface area contributed by atoms with Crippen LogP contribution in [0.15, 0.2) is 0 Å². The summed E-state index contributed by atoms with van der Waals surface area (Å²) in [5, 5.41) is 3.52. The number of nitrogens with zero attached hydrogens (tertiary/aromatic N) is 1. The molecule has 2 aliphatic rings. The quantitative estimate of drug-likeness (QED) is 0.767. The van der Waals surface area contributed by atoms with Crippen molar-refractivity contribution >= 4 is 0 Å². The molecule has 2 heteroatoms. The van der Waals surface area contributed by atoms with Gasteiger partial charge in [-0.3, -0.25) is 0 Å². The summed E-state index contributed by atoms with van der Waals surface area (Å²) in [4.78, 5) is 2.70. The summed E-state index contributed by atoms with van der Waals surface area (Å²) in [6.45, 7) is 8.90. The monoisotopic (exact) mass is 210 g/mol. The summed E-state index contributed by atoms with van der Waals surface area (Å²) < 4.78 is 0. The highest BCUT2D eigenvalue weighted by Crippen LogP contribution is 2.21. The number of hydrogen-bond donors (Lipinski definition) is 1. The fourth-order valence-electron chi connectivity index (χ4n) is 3.02. The number of hydrogen-bond acceptors (Lipinski definition) is 2. The van der Waals surface area contributed by atoms with Crippen LogP contribution in [0.2, 0.25) is 0 Å². The lowest BCUT2D eigenvalue weighted by atomic mass is 9.92. The second kappa shape index (κ2) is 5.86. The van der Waals surface area contributed by atoms with Gasteiger partial charge >= 0.3 is 0 Å². The predicted octanol–water partition coefficient (Wildman–Crippen LogP) is 2.11. The van der Waals surface area contributed by atoms with Gasteiger partial charge in [0, 0.05) is 6.54 Å². The van der Waals surface area contributed by atoms with E-state index < -0.39 is 0 Å². The van der Waals surface area contributed by atoms with E-state index in [0.717, 1.165) is 11.8 Å². The Hall–Kier alpha value is -0.0800. The van der Waals surface area contributed by atoms with Crippen molar-refractivity contribution in [2.45, 2.75) is 39.0 Å². The van der Waals surface area contributed by atoms with Crippen molar-refractivity contribution in [1.29, 1.82) is 0 Å². The normalized spacial score (nSPS) is 30.6. The first-order valence-electron chi connectivity index (χ1n) is 6.81.